The van der Waals surface area contributed by atoms with Gasteiger partial charge in [0.2, 0.25) is 5.91 Å². The van der Waals surface area contributed by atoms with Crippen molar-refractivity contribution in [1.29, 1.82) is 0 Å². The molecule has 9 N–H and O–H groups in total. The van der Waals surface area contributed by atoms with Crippen molar-refractivity contribution in [3.63, 3.8) is 0 Å². The Balaban J connectivity index is 1.63. The maximum Gasteiger partial charge on any atom is 0.220 e. The number of amides is 1. The van der Waals surface area contributed by atoms with Gasteiger partial charge in [-0.2, -0.15) is 0 Å². The molecule has 0 aromatic carbocycles. The SMILES string of the molecule is CC/C=C\C/C=C\C/C=C\C/C=C\C/C=C\C/C=C\C/C=C\C/C=C\CCCCCCCCCCC(=O)NC(COC1OC(CO)C(OC2OC(CO)C(O)C(O)C2O)C(O)C1O)C(O)CCCCCCCCCCCCCCCCCCCCCCCCCCCCCCCCC. The number of carbonyl (C=O) groups excluding carboxylic acids is 1. The van der Waals surface area contributed by atoms with E-state index in [1.165, 1.54) is 199 Å². The molecule has 2 rings (SSSR count). The van der Waals surface area contributed by atoms with Gasteiger partial charge >= 0.3 is 0 Å². The van der Waals surface area contributed by atoms with Crippen molar-refractivity contribution < 1.29 is 64.6 Å². The molecule has 0 aliphatic carbocycles. The van der Waals surface area contributed by atoms with Gasteiger partial charge in [-0.05, 0) is 77.0 Å². The first-order valence-electron chi connectivity index (χ1n) is 40.5. The lowest BCUT2D eigenvalue weighted by atomic mass is 9.97. The quantitative estimate of drug-likeness (QED) is 0.0204. The van der Waals surface area contributed by atoms with Gasteiger partial charge in [0.05, 0.1) is 32.0 Å². The van der Waals surface area contributed by atoms with Crippen LogP contribution in [0.15, 0.2) is 97.2 Å². The summed E-state index contributed by atoms with van der Waals surface area (Å²) in [6.45, 7) is 2.78. The fraction of sp³-hybridized carbons (Fsp3) is 0.798. The molecule has 0 bridgehead atoms. The van der Waals surface area contributed by atoms with Gasteiger partial charge in [-0.1, -0.05) is 349 Å². The summed E-state index contributed by atoms with van der Waals surface area (Å²) in [5.74, 6) is -0.214. The summed E-state index contributed by atoms with van der Waals surface area (Å²) in [4.78, 5) is 13.4. The Morgan fingerprint density at radius 3 is 1.08 bits per heavy atom. The normalized spacial score (nSPS) is 22.6. The first-order valence-corrected chi connectivity index (χ1v) is 40.5. The first kappa shape index (κ1) is 91.0. The molecule has 12 atom stereocenters. The summed E-state index contributed by atoms with van der Waals surface area (Å²) in [5.41, 5.74) is 0. The summed E-state index contributed by atoms with van der Waals surface area (Å²) in [6.07, 6.45) is 78.7. The number of rotatable bonds is 67. The highest BCUT2D eigenvalue weighted by molar-refractivity contribution is 5.76. The Morgan fingerprint density at radius 2 is 0.704 bits per heavy atom. The highest BCUT2D eigenvalue weighted by atomic mass is 16.7. The van der Waals surface area contributed by atoms with E-state index in [2.05, 4.69) is 116 Å². The molecule has 12 unspecified atom stereocenters. The third kappa shape index (κ3) is 49.5. The van der Waals surface area contributed by atoms with Gasteiger partial charge in [-0.15, -0.1) is 0 Å². The molecule has 2 aliphatic heterocycles. The Kier molecular flexibility index (Phi) is 62.3. The summed E-state index contributed by atoms with van der Waals surface area (Å²) >= 11 is 0. The standard InChI is InChI=1S/C84H149NO13/c1-3-5-7-9-11-13-15-17-19-21-23-25-27-29-31-33-35-36-38-40-42-44-46-48-50-52-54-56-58-60-62-64-66-68-76(89)85-72(71-95-83-81(94)79(92)82(75(70-87)97-83)98-84-80(93)78(91)77(90)74(69-86)96-84)73(88)67-65-63-61-59-57-55-53-51-49-47-45-43-41-39-37-34-32-30-28-26-24-22-20-18-16-14-12-10-8-6-4-2/h5,7,11,13,17,19,23,25,29,31,35-36,40,42,46,48,72-75,77-84,86-88,90-94H,3-4,6,8-10,12,14-16,18,20-22,24,26-28,30,32-34,37-39,41,43-45,47,49-71H2,1-2H3,(H,85,89)/b7-5-,13-11-,19-17-,25-23-,31-29-,36-35-,42-40-,48-46-. The minimum atomic E-state index is -1.79. The van der Waals surface area contributed by atoms with Crippen LogP contribution in [0.2, 0.25) is 0 Å². The van der Waals surface area contributed by atoms with E-state index >= 15 is 0 Å². The zero-order valence-corrected chi connectivity index (χ0v) is 62.3. The molecule has 14 nitrogen and oxygen atoms in total. The Morgan fingerprint density at radius 1 is 0.378 bits per heavy atom. The number of unbranched alkanes of at least 4 members (excludes halogenated alkanes) is 38. The summed E-state index contributed by atoms with van der Waals surface area (Å²) in [5, 5.41) is 87.9. The Hall–Kier alpha value is -3.09. The largest absolute Gasteiger partial charge is 0.394 e. The van der Waals surface area contributed by atoms with Crippen LogP contribution in [0.3, 0.4) is 0 Å². The molecule has 0 radical (unpaired) electrons. The van der Waals surface area contributed by atoms with Crippen LogP contribution in [0.4, 0.5) is 0 Å². The van der Waals surface area contributed by atoms with Crippen LogP contribution in [0, 0.1) is 0 Å². The molecule has 2 saturated heterocycles. The van der Waals surface area contributed by atoms with Gasteiger partial charge in [0, 0.05) is 6.42 Å². The Bertz CT molecular complexity index is 2020. The second kappa shape index (κ2) is 67.1. The van der Waals surface area contributed by atoms with Crippen molar-refractivity contribution in [1.82, 2.24) is 5.32 Å². The molecular formula is C84H149NO13. The van der Waals surface area contributed by atoms with Gasteiger partial charge in [0.15, 0.2) is 12.6 Å². The van der Waals surface area contributed by atoms with Crippen molar-refractivity contribution >= 4 is 5.91 Å². The topological polar surface area (TPSA) is 228 Å². The number of hydrogen-bond donors (Lipinski definition) is 9. The second-order valence-electron chi connectivity index (χ2n) is 28.2. The van der Waals surface area contributed by atoms with Crippen molar-refractivity contribution in [2.45, 2.75) is 408 Å². The molecule has 1 amide bonds. The number of carbonyl (C=O) groups is 1. The zero-order chi connectivity index (χ0) is 70.8. The van der Waals surface area contributed by atoms with Gasteiger partial charge in [0.25, 0.3) is 0 Å². The molecule has 2 aliphatic rings. The van der Waals surface area contributed by atoms with Crippen LogP contribution in [0.5, 0.6) is 0 Å². The molecule has 14 heteroatoms. The summed E-state index contributed by atoms with van der Waals surface area (Å²) in [6, 6.07) is -0.843. The lowest BCUT2D eigenvalue weighted by Gasteiger charge is -2.46. The molecule has 0 spiro atoms. The fourth-order valence-corrected chi connectivity index (χ4v) is 13.0. The highest BCUT2D eigenvalue weighted by Crippen LogP contribution is 2.30. The fourth-order valence-electron chi connectivity index (χ4n) is 13.0. The predicted octanol–water partition coefficient (Wildman–Crippen LogP) is 18.5. The first-order chi connectivity index (χ1) is 48.1. The van der Waals surface area contributed by atoms with E-state index in [0.29, 0.717) is 12.8 Å². The van der Waals surface area contributed by atoms with Gasteiger partial charge in [0.1, 0.15) is 48.8 Å². The van der Waals surface area contributed by atoms with Crippen LogP contribution in [0.25, 0.3) is 0 Å². The summed E-state index contributed by atoms with van der Waals surface area (Å²) < 4.78 is 23.0. The van der Waals surface area contributed by atoms with Crippen LogP contribution in [-0.4, -0.2) is 140 Å². The predicted molar refractivity (Wildman–Crippen MR) is 406 cm³/mol. The molecule has 568 valence electrons. The van der Waals surface area contributed by atoms with Crippen LogP contribution in [0.1, 0.15) is 335 Å². The van der Waals surface area contributed by atoms with Gasteiger partial charge < -0.3 is 65.1 Å². The molecule has 98 heavy (non-hydrogen) atoms. The average molecular weight is 1380 g/mol. The molecule has 0 aromatic heterocycles. The number of aliphatic hydroxyl groups is 8. The Labute approximate surface area is 598 Å². The maximum atomic E-state index is 13.4. The molecule has 2 fully saturated rings. The highest BCUT2D eigenvalue weighted by Gasteiger charge is 2.51. The average Bonchev–Trinajstić information content (AvgIpc) is 0.793. The van der Waals surface area contributed by atoms with E-state index in [-0.39, 0.29) is 18.9 Å². The van der Waals surface area contributed by atoms with Crippen molar-refractivity contribution in [3.8, 4) is 0 Å². The monoisotopic (exact) mass is 1380 g/mol. The van der Waals surface area contributed by atoms with Crippen LogP contribution in [-0.2, 0) is 23.7 Å². The van der Waals surface area contributed by atoms with Crippen molar-refractivity contribution in [3.05, 3.63) is 97.2 Å². The van der Waals surface area contributed by atoms with Crippen molar-refractivity contribution in [2.75, 3.05) is 19.8 Å². The van der Waals surface area contributed by atoms with Gasteiger partial charge in [-0.3, -0.25) is 4.79 Å². The number of hydrogen-bond acceptors (Lipinski definition) is 13. The van der Waals surface area contributed by atoms with Crippen molar-refractivity contribution in [2.24, 2.45) is 0 Å². The van der Waals surface area contributed by atoms with Gasteiger partial charge in [-0.25, -0.2) is 0 Å². The third-order valence-corrected chi connectivity index (χ3v) is 19.3. The van der Waals surface area contributed by atoms with E-state index in [9.17, 15) is 45.6 Å². The number of aliphatic hydroxyl groups excluding tert-OH is 8. The molecular weight excluding hydrogens is 1230 g/mol. The summed E-state index contributed by atoms with van der Waals surface area (Å²) in [7, 11) is 0. The number of ether oxygens (including phenoxy) is 4. The molecule has 0 saturated carbocycles. The van der Waals surface area contributed by atoms with E-state index in [1.807, 2.05) is 0 Å². The molecule has 0 aromatic rings. The smallest absolute Gasteiger partial charge is 0.220 e. The lowest BCUT2D eigenvalue weighted by molar-refractivity contribution is -0.359. The van der Waals surface area contributed by atoms with Crippen LogP contribution < -0.4 is 5.32 Å². The zero-order valence-electron chi connectivity index (χ0n) is 62.3. The van der Waals surface area contributed by atoms with E-state index in [4.69, 9.17) is 18.9 Å². The third-order valence-electron chi connectivity index (χ3n) is 19.3. The minimum Gasteiger partial charge on any atom is -0.394 e. The second-order valence-corrected chi connectivity index (χ2v) is 28.2. The molecule has 2 heterocycles. The minimum absolute atomic E-state index is 0.214. The van der Waals surface area contributed by atoms with Crippen LogP contribution >= 0.6 is 0 Å². The number of nitrogens with one attached hydrogen (secondary N) is 1. The maximum absolute atomic E-state index is 13.4. The number of allylic oxidation sites excluding steroid dienone is 16. The van der Waals surface area contributed by atoms with E-state index in [1.54, 1.807) is 0 Å². The van der Waals surface area contributed by atoms with E-state index in [0.717, 1.165) is 103 Å². The lowest BCUT2D eigenvalue weighted by Crippen LogP contribution is -2.65. The van der Waals surface area contributed by atoms with E-state index < -0.39 is 86.8 Å².